The van der Waals surface area contributed by atoms with Crippen LogP contribution in [0.1, 0.15) is 55.6 Å². The highest BCUT2D eigenvalue weighted by molar-refractivity contribution is 5.73. The van der Waals surface area contributed by atoms with Crippen LogP contribution in [-0.4, -0.2) is 0 Å². The minimum atomic E-state index is 0.777. The molecule has 3 atom stereocenters. The Kier molecular flexibility index (Phi) is 2.83. The Balaban J connectivity index is 1.87. The average molecular weight is 250 g/mol. The molecular formula is C19H22. The van der Waals surface area contributed by atoms with E-state index < -0.39 is 0 Å². The second-order valence-corrected chi connectivity index (χ2v) is 6.46. The van der Waals surface area contributed by atoms with Crippen LogP contribution in [0.15, 0.2) is 42.5 Å². The molecule has 0 spiro atoms. The zero-order valence-electron chi connectivity index (χ0n) is 11.5. The van der Waals surface area contributed by atoms with Crippen LogP contribution in [0.2, 0.25) is 0 Å². The summed E-state index contributed by atoms with van der Waals surface area (Å²) in [6.07, 6.45) is 15.4. The first-order valence-electron chi connectivity index (χ1n) is 7.89. The number of rotatable bonds is 0. The van der Waals surface area contributed by atoms with Gasteiger partial charge in [-0.25, -0.2) is 0 Å². The van der Waals surface area contributed by atoms with Gasteiger partial charge in [0.1, 0.15) is 0 Å². The third-order valence-corrected chi connectivity index (χ3v) is 5.44. The molecule has 0 heteroatoms. The van der Waals surface area contributed by atoms with Crippen LogP contribution in [-0.2, 0) is 0 Å². The number of fused-ring (bicyclic) bond motifs is 5. The summed E-state index contributed by atoms with van der Waals surface area (Å²) in [5.41, 5.74) is 4.83. The second-order valence-electron chi connectivity index (χ2n) is 6.46. The van der Waals surface area contributed by atoms with Gasteiger partial charge in [0.2, 0.25) is 0 Å². The van der Waals surface area contributed by atoms with E-state index in [0.717, 1.165) is 17.8 Å². The van der Waals surface area contributed by atoms with Crippen molar-refractivity contribution in [1.82, 2.24) is 0 Å². The van der Waals surface area contributed by atoms with Crippen molar-refractivity contribution in [3.8, 4) is 0 Å². The summed E-state index contributed by atoms with van der Waals surface area (Å²) in [5.74, 6) is 2.54. The van der Waals surface area contributed by atoms with E-state index >= 15 is 0 Å². The highest BCUT2D eigenvalue weighted by Crippen LogP contribution is 2.50. The van der Waals surface area contributed by atoms with E-state index in [4.69, 9.17) is 0 Å². The molecule has 1 saturated carbocycles. The summed E-state index contributed by atoms with van der Waals surface area (Å²) in [6, 6.07) is 9.23. The maximum absolute atomic E-state index is 2.40. The van der Waals surface area contributed by atoms with Crippen molar-refractivity contribution in [2.24, 2.45) is 11.8 Å². The Labute approximate surface area is 116 Å². The van der Waals surface area contributed by atoms with Gasteiger partial charge in [0.25, 0.3) is 0 Å². The lowest BCUT2D eigenvalue weighted by Gasteiger charge is -2.32. The number of hydrogen-bond donors (Lipinski definition) is 0. The quantitative estimate of drug-likeness (QED) is 0.584. The Morgan fingerprint density at radius 2 is 1.89 bits per heavy atom. The lowest BCUT2D eigenvalue weighted by atomic mass is 9.73. The highest BCUT2D eigenvalue weighted by Gasteiger charge is 2.35. The Morgan fingerprint density at radius 1 is 1.00 bits per heavy atom. The summed E-state index contributed by atoms with van der Waals surface area (Å²) in [6.45, 7) is 0. The molecule has 0 nitrogen and oxygen atoms in total. The van der Waals surface area contributed by atoms with E-state index in [1.165, 1.54) is 38.5 Å². The van der Waals surface area contributed by atoms with Gasteiger partial charge >= 0.3 is 0 Å². The van der Waals surface area contributed by atoms with Gasteiger partial charge in [0.15, 0.2) is 0 Å². The van der Waals surface area contributed by atoms with Crippen LogP contribution in [0.3, 0.4) is 0 Å². The van der Waals surface area contributed by atoms with E-state index in [1.807, 2.05) is 0 Å². The van der Waals surface area contributed by atoms with Gasteiger partial charge in [0.05, 0.1) is 0 Å². The average Bonchev–Trinajstić information content (AvgIpc) is 2.62. The Hall–Kier alpha value is -1.30. The number of benzene rings is 1. The summed E-state index contributed by atoms with van der Waals surface area (Å²) < 4.78 is 0. The topological polar surface area (TPSA) is 0 Å². The molecule has 3 unspecified atom stereocenters. The van der Waals surface area contributed by atoms with Crippen molar-refractivity contribution in [2.75, 3.05) is 0 Å². The molecular weight excluding hydrogens is 228 g/mol. The van der Waals surface area contributed by atoms with Gasteiger partial charge in [-0.1, -0.05) is 55.3 Å². The van der Waals surface area contributed by atoms with E-state index in [1.54, 1.807) is 16.7 Å². The van der Waals surface area contributed by atoms with Crippen molar-refractivity contribution in [1.29, 1.82) is 0 Å². The minimum absolute atomic E-state index is 0.777. The molecule has 0 N–H and O–H groups in total. The lowest BCUT2D eigenvalue weighted by molar-refractivity contribution is 0.274. The first kappa shape index (κ1) is 11.5. The molecule has 0 saturated heterocycles. The molecule has 3 aliphatic rings. The van der Waals surface area contributed by atoms with Crippen molar-refractivity contribution >= 4 is 5.57 Å². The van der Waals surface area contributed by atoms with E-state index in [9.17, 15) is 0 Å². The van der Waals surface area contributed by atoms with E-state index in [0.29, 0.717) is 0 Å². The standard InChI is InChI=1S/C19H22/c1-3-9-16-14(7-1)13-15-8-2-4-10-17(15)19-12-6-5-11-18(16)19/h1,3,5-6,9,11-12,14-15,17H,2,4,7-8,10,13H2. The van der Waals surface area contributed by atoms with Crippen LogP contribution < -0.4 is 0 Å². The van der Waals surface area contributed by atoms with E-state index in [-0.39, 0.29) is 0 Å². The molecule has 0 aliphatic heterocycles. The lowest BCUT2D eigenvalue weighted by Crippen LogP contribution is -2.18. The third-order valence-electron chi connectivity index (χ3n) is 5.44. The molecule has 0 aromatic heterocycles. The molecule has 1 aromatic rings. The van der Waals surface area contributed by atoms with Crippen molar-refractivity contribution in [3.05, 3.63) is 53.6 Å². The fourth-order valence-corrected chi connectivity index (χ4v) is 4.56. The summed E-state index contributed by atoms with van der Waals surface area (Å²) in [4.78, 5) is 0. The Bertz CT molecular complexity index is 535. The van der Waals surface area contributed by atoms with Gasteiger partial charge < -0.3 is 0 Å². The molecule has 0 amide bonds. The maximum Gasteiger partial charge on any atom is -0.0118 e. The van der Waals surface area contributed by atoms with Crippen LogP contribution in [0, 0.1) is 11.8 Å². The molecule has 0 bridgehead atoms. The van der Waals surface area contributed by atoms with Crippen molar-refractivity contribution in [2.45, 2.75) is 44.4 Å². The maximum atomic E-state index is 2.40. The summed E-state index contributed by atoms with van der Waals surface area (Å²) in [5, 5.41) is 0. The molecule has 3 aliphatic carbocycles. The van der Waals surface area contributed by atoms with Crippen molar-refractivity contribution in [3.63, 3.8) is 0 Å². The number of allylic oxidation sites excluding steroid dienone is 4. The van der Waals surface area contributed by atoms with Crippen LogP contribution in [0.5, 0.6) is 0 Å². The molecule has 19 heavy (non-hydrogen) atoms. The van der Waals surface area contributed by atoms with E-state index in [2.05, 4.69) is 42.5 Å². The summed E-state index contributed by atoms with van der Waals surface area (Å²) >= 11 is 0. The first-order chi connectivity index (χ1) is 9.43. The van der Waals surface area contributed by atoms with Gasteiger partial charge in [-0.05, 0) is 60.1 Å². The predicted octanol–water partition coefficient (Wildman–Crippen LogP) is 5.32. The molecule has 98 valence electrons. The number of hydrogen-bond acceptors (Lipinski definition) is 0. The van der Waals surface area contributed by atoms with Gasteiger partial charge in [-0.15, -0.1) is 0 Å². The van der Waals surface area contributed by atoms with Crippen LogP contribution in [0.25, 0.3) is 5.57 Å². The highest BCUT2D eigenvalue weighted by atomic mass is 14.4. The predicted molar refractivity (Wildman–Crippen MR) is 81.0 cm³/mol. The fraction of sp³-hybridized carbons (Fsp3) is 0.474. The van der Waals surface area contributed by atoms with Crippen LogP contribution in [0.4, 0.5) is 0 Å². The van der Waals surface area contributed by atoms with Crippen LogP contribution >= 0.6 is 0 Å². The largest absolute Gasteiger partial charge is 0.0839 e. The smallest absolute Gasteiger partial charge is 0.0118 e. The molecule has 0 heterocycles. The minimum Gasteiger partial charge on any atom is -0.0839 e. The third kappa shape index (κ3) is 1.89. The van der Waals surface area contributed by atoms with Gasteiger partial charge in [0, 0.05) is 0 Å². The molecule has 4 rings (SSSR count). The second kappa shape index (κ2) is 4.67. The molecule has 0 radical (unpaired) electrons. The van der Waals surface area contributed by atoms with Crippen molar-refractivity contribution < 1.29 is 0 Å². The fourth-order valence-electron chi connectivity index (χ4n) is 4.56. The zero-order chi connectivity index (χ0) is 12.7. The van der Waals surface area contributed by atoms with Gasteiger partial charge in [-0.2, -0.15) is 0 Å². The normalized spacial score (nSPS) is 32.6. The molecule has 1 fully saturated rings. The first-order valence-corrected chi connectivity index (χ1v) is 7.89. The SMILES string of the molecule is C1=CCC2CC3CCCCC3c3ccccc3C2=C1. The zero-order valence-corrected chi connectivity index (χ0v) is 11.5. The summed E-state index contributed by atoms with van der Waals surface area (Å²) in [7, 11) is 0. The monoisotopic (exact) mass is 250 g/mol. The van der Waals surface area contributed by atoms with Gasteiger partial charge in [-0.3, -0.25) is 0 Å². The Morgan fingerprint density at radius 3 is 2.89 bits per heavy atom. The molecule has 1 aromatic carbocycles.